The summed E-state index contributed by atoms with van der Waals surface area (Å²) in [5, 5.41) is 18.4. The van der Waals surface area contributed by atoms with E-state index >= 15 is 0 Å². The number of nitrogens with one attached hydrogen (secondary N) is 2. The van der Waals surface area contributed by atoms with Crippen molar-refractivity contribution >= 4 is 102 Å². The summed E-state index contributed by atoms with van der Waals surface area (Å²) in [7, 11) is 3.33. The van der Waals surface area contributed by atoms with E-state index in [0.717, 1.165) is 127 Å². The number of carboxylic acids is 1. The van der Waals surface area contributed by atoms with Gasteiger partial charge in [0.25, 0.3) is 0 Å². The maximum absolute atomic E-state index is 13.1. The Hall–Kier alpha value is -5.65. The Kier molecular flexibility index (Phi) is 10.8. The number of aliphatic carboxylic acids is 1. The number of carbonyl (C=O) groups is 2. The van der Waals surface area contributed by atoms with Gasteiger partial charge in [0.05, 0.1) is 55.4 Å². The fraction of sp³-hybridized carbons (Fsp3) is 0.364. The van der Waals surface area contributed by atoms with Crippen LogP contribution >= 0.6 is 34.4 Å². The molecular formula is C44H43N9O5S3. The van der Waals surface area contributed by atoms with Crippen LogP contribution in [-0.4, -0.2) is 93.1 Å². The Morgan fingerprint density at radius 3 is 1.74 bits per heavy atom. The number of methoxy groups -OCH3 is 2. The second kappa shape index (κ2) is 16.7. The summed E-state index contributed by atoms with van der Waals surface area (Å²) in [5.74, 6) is 4.50. The normalized spacial score (nSPS) is 18.5. The molecule has 0 bridgehead atoms. The summed E-state index contributed by atoms with van der Waals surface area (Å²) in [6, 6.07) is 8.14. The number of amides is 1. The average molecular weight is 874 g/mol. The monoisotopic (exact) mass is 873 g/mol. The molecule has 3 N–H and O–H groups in total. The van der Waals surface area contributed by atoms with Crippen molar-refractivity contribution in [1.82, 2.24) is 24.8 Å². The Bertz CT molecular complexity index is 2780. The van der Waals surface area contributed by atoms with Gasteiger partial charge in [-0.25, -0.2) is 19.9 Å². The molecule has 2 atom stereocenters. The molecule has 1 saturated heterocycles. The molecule has 1 fully saturated rings. The molecule has 0 saturated carbocycles. The van der Waals surface area contributed by atoms with Gasteiger partial charge in [-0.15, -0.1) is 22.7 Å². The smallest absolute Gasteiger partial charge is 0.306 e. The number of rotatable bonds is 8. The zero-order chi connectivity index (χ0) is 41.6. The maximum Gasteiger partial charge on any atom is 0.306 e. The molecule has 2 aliphatic carbocycles. The van der Waals surface area contributed by atoms with Crippen molar-refractivity contribution in [3.05, 3.63) is 80.1 Å². The van der Waals surface area contributed by atoms with Gasteiger partial charge in [0.2, 0.25) is 5.91 Å². The van der Waals surface area contributed by atoms with Crippen molar-refractivity contribution in [2.24, 2.45) is 21.8 Å². The van der Waals surface area contributed by atoms with Crippen molar-refractivity contribution in [3.63, 3.8) is 0 Å². The Labute approximate surface area is 364 Å². The third-order valence-corrected chi connectivity index (χ3v) is 15.4. The maximum atomic E-state index is 13.1. The molecule has 14 nitrogen and oxygen atoms in total. The molecule has 6 aromatic rings. The Morgan fingerprint density at radius 1 is 0.721 bits per heavy atom. The quantitative estimate of drug-likeness (QED) is 0.137. The van der Waals surface area contributed by atoms with E-state index in [1.807, 2.05) is 42.4 Å². The van der Waals surface area contributed by atoms with E-state index in [2.05, 4.69) is 51.5 Å². The highest BCUT2D eigenvalue weighted by Crippen LogP contribution is 2.44. The Morgan fingerprint density at radius 2 is 1.23 bits per heavy atom. The number of nitrogens with zero attached hydrogens (tertiary/aromatic N) is 7. The predicted octanol–water partition coefficient (Wildman–Crippen LogP) is 7.62. The molecule has 312 valence electrons. The second-order valence-corrected chi connectivity index (χ2v) is 19.1. The minimum atomic E-state index is -0.725. The number of ether oxygens (including phenoxy) is 2. The molecule has 5 aliphatic rings. The van der Waals surface area contributed by atoms with Gasteiger partial charge in [0.1, 0.15) is 45.5 Å². The first-order valence-electron chi connectivity index (χ1n) is 20.4. The van der Waals surface area contributed by atoms with Gasteiger partial charge in [0.15, 0.2) is 0 Å². The number of thioether (sulfide) groups is 1. The molecule has 0 unspecified atom stereocenters. The van der Waals surface area contributed by atoms with Crippen LogP contribution in [0.25, 0.3) is 20.4 Å². The van der Waals surface area contributed by atoms with Gasteiger partial charge in [-0.1, -0.05) is 0 Å². The van der Waals surface area contributed by atoms with Crippen molar-refractivity contribution in [3.8, 4) is 11.5 Å². The van der Waals surface area contributed by atoms with Crippen LogP contribution in [0.2, 0.25) is 0 Å². The SMILES string of the molecule is COc1cc2c(cc1Nc1ncnc3sc4c(c13)CC[C@H](C(=O)N1CCSCC1)C4)C=NC2.COc1cc2c(cc1Nc1ncnc3sc4c(c13)CC[C@H](C(=O)O)C4)C=NC2. The molecular weight excluding hydrogens is 831 g/mol. The standard InChI is InChI=1S/C24H25N5O2S2.C20H18N4O3S/c1-31-19-9-16-12-25-11-15(16)8-18(19)28-22-21-17-3-2-14(24(30)29-4-6-32-7-5-29)10-20(17)33-23(21)27-13-26-22;1-27-15-5-12-8-21-7-11(12)4-14(15)24-18-17-13-3-2-10(20(25)26)6-16(13)28-19(17)23-9-22-18/h8-9,11,13-14H,2-7,10,12H2,1H3,(H,26,27,28);4-5,7,9-10H,2-3,6,8H2,1H3,(H,25,26)(H,22,23,24)/t14-;10-/m00/s1. The molecule has 2 aromatic carbocycles. The van der Waals surface area contributed by atoms with Gasteiger partial charge in [-0.3, -0.25) is 19.6 Å². The minimum absolute atomic E-state index is 0.0779. The zero-order valence-electron chi connectivity index (χ0n) is 33.7. The van der Waals surface area contributed by atoms with Crippen molar-refractivity contribution in [2.75, 3.05) is 49.4 Å². The first-order valence-corrected chi connectivity index (χ1v) is 23.2. The summed E-state index contributed by atoms with van der Waals surface area (Å²) in [6.45, 7) is 3.13. The molecule has 0 radical (unpaired) electrons. The number of aromatic nitrogens is 4. The van der Waals surface area contributed by atoms with Crippen LogP contribution in [0, 0.1) is 11.8 Å². The third-order valence-electron chi connectivity index (χ3n) is 12.1. The van der Waals surface area contributed by atoms with E-state index in [4.69, 9.17) is 9.47 Å². The molecule has 61 heavy (non-hydrogen) atoms. The van der Waals surface area contributed by atoms with Crippen LogP contribution in [0.5, 0.6) is 11.5 Å². The number of hydrogen-bond acceptors (Lipinski definition) is 15. The number of hydrogen-bond donors (Lipinski definition) is 3. The number of aliphatic imine (C=N–C) groups is 2. The second-order valence-electron chi connectivity index (χ2n) is 15.7. The number of anilines is 4. The van der Waals surface area contributed by atoms with E-state index in [9.17, 15) is 14.7 Å². The minimum Gasteiger partial charge on any atom is -0.495 e. The predicted molar refractivity (Wildman–Crippen MR) is 243 cm³/mol. The highest BCUT2D eigenvalue weighted by molar-refractivity contribution is 7.99. The summed E-state index contributed by atoms with van der Waals surface area (Å²) < 4.78 is 11.2. The lowest BCUT2D eigenvalue weighted by molar-refractivity contribution is -0.142. The fourth-order valence-corrected chi connectivity index (χ4v) is 12.4. The van der Waals surface area contributed by atoms with E-state index in [1.54, 1.807) is 49.5 Å². The van der Waals surface area contributed by atoms with Crippen molar-refractivity contribution in [1.29, 1.82) is 0 Å². The highest BCUT2D eigenvalue weighted by Gasteiger charge is 2.33. The molecule has 0 spiro atoms. The van der Waals surface area contributed by atoms with E-state index in [1.165, 1.54) is 21.6 Å². The van der Waals surface area contributed by atoms with Gasteiger partial charge in [0, 0.05) is 52.7 Å². The number of thiophene rings is 2. The largest absolute Gasteiger partial charge is 0.495 e. The summed E-state index contributed by atoms with van der Waals surface area (Å²) in [6.07, 6.45) is 11.4. The molecule has 11 rings (SSSR count). The zero-order valence-corrected chi connectivity index (χ0v) is 36.1. The molecule has 4 aromatic heterocycles. The van der Waals surface area contributed by atoms with Crippen LogP contribution in [0.15, 0.2) is 46.9 Å². The molecule has 1 amide bonds. The van der Waals surface area contributed by atoms with E-state index in [0.29, 0.717) is 31.8 Å². The number of carboxylic acid groups (broad SMARTS) is 1. The number of aryl methyl sites for hydroxylation is 2. The van der Waals surface area contributed by atoms with Crippen LogP contribution in [-0.2, 0) is 48.4 Å². The van der Waals surface area contributed by atoms with Crippen LogP contribution in [0.1, 0.15) is 56.0 Å². The molecule has 7 heterocycles. The summed E-state index contributed by atoms with van der Waals surface area (Å²) in [4.78, 5) is 57.6. The molecule has 3 aliphatic heterocycles. The lowest BCUT2D eigenvalue weighted by atomic mass is 9.87. The number of carbonyl (C=O) groups excluding carboxylic acids is 1. The highest BCUT2D eigenvalue weighted by atomic mass is 32.2. The van der Waals surface area contributed by atoms with Crippen LogP contribution in [0.3, 0.4) is 0 Å². The van der Waals surface area contributed by atoms with E-state index < -0.39 is 5.97 Å². The topological polar surface area (TPSA) is 176 Å². The number of benzene rings is 2. The molecule has 17 heteroatoms. The van der Waals surface area contributed by atoms with Crippen LogP contribution in [0.4, 0.5) is 23.0 Å². The van der Waals surface area contributed by atoms with E-state index in [-0.39, 0.29) is 11.8 Å². The van der Waals surface area contributed by atoms with Gasteiger partial charge in [-0.05, 0) is 96.2 Å². The lowest BCUT2D eigenvalue weighted by Crippen LogP contribution is -2.42. The Balaban J connectivity index is 0.000000148. The summed E-state index contributed by atoms with van der Waals surface area (Å²) >= 11 is 5.21. The number of fused-ring (bicyclic) bond motifs is 8. The summed E-state index contributed by atoms with van der Waals surface area (Å²) in [5.41, 5.74) is 8.65. The van der Waals surface area contributed by atoms with Crippen molar-refractivity contribution < 1.29 is 24.2 Å². The van der Waals surface area contributed by atoms with Crippen LogP contribution < -0.4 is 20.1 Å². The average Bonchev–Trinajstić information content (AvgIpc) is 4.10. The van der Waals surface area contributed by atoms with Crippen molar-refractivity contribution in [2.45, 2.75) is 51.6 Å². The first kappa shape index (κ1) is 39.5. The third kappa shape index (κ3) is 7.56. The fourth-order valence-electron chi connectivity index (χ4n) is 8.94. The lowest BCUT2D eigenvalue weighted by Gasteiger charge is -2.31. The van der Waals surface area contributed by atoms with Gasteiger partial charge < -0.3 is 30.1 Å². The van der Waals surface area contributed by atoms with Gasteiger partial charge >= 0.3 is 5.97 Å². The van der Waals surface area contributed by atoms with Gasteiger partial charge in [-0.2, -0.15) is 11.8 Å². The first-order chi connectivity index (χ1) is 29.8.